The third-order valence-corrected chi connectivity index (χ3v) is 2.53. The summed E-state index contributed by atoms with van der Waals surface area (Å²) >= 11 is 0. The number of nitrogens with zero attached hydrogens (tertiary/aromatic N) is 3. The fourth-order valence-corrected chi connectivity index (χ4v) is 1.37. The number of hydrogen-bond donors (Lipinski definition) is 2. The lowest BCUT2D eigenvalue weighted by Crippen LogP contribution is -2.26. The van der Waals surface area contributed by atoms with E-state index in [9.17, 15) is 4.79 Å². The van der Waals surface area contributed by atoms with E-state index < -0.39 is 0 Å². The summed E-state index contributed by atoms with van der Waals surface area (Å²) in [5.41, 5.74) is 6.41. The number of hydrogen-bond acceptors (Lipinski definition) is 4. The minimum absolute atomic E-state index is 0.0837. The van der Waals surface area contributed by atoms with Gasteiger partial charge < -0.3 is 11.1 Å². The van der Waals surface area contributed by atoms with Gasteiger partial charge in [-0.3, -0.25) is 9.48 Å². The first-order valence-corrected chi connectivity index (χ1v) is 5.60. The molecule has 1 heterocycles. The minimum Gasteiger partial charge on any atom is -0.353 e. The van der Waals surface area contributed by atoms with E-state index in [-0.39, 0.29) is 11.9 Å². The van der Waals surface area contributed by atoms with Gasteiger partial charge in [-0.1, -0.05) is 5.21 Å². The van der Waals surface area contributed by atoms with Crippen LogP contribution in [0.2, 0.25) is 0 Å². The van der Waals surface area contributed by atoms with Gasteiger partial charge in [-0.05, 0) is 19.8 Å². The van der Waals surface area contributed by atoms with Crippen molar-refractivity contribution in [3.8, 4) is 0 Å². The van der Waals surface area contributed by atoms with E-state index in [2.05, 4.69) is 15.6 Å². The molecule has 3 N–H and O–H groups in total. The van der Waals surface area contributed by atoms with Gasteiger partial charge >= 0.3 is 0 Å². The Labute approximate surface area is 94.2 Å². The Morgan fingerprint density at radius 1 is 1.75 bits per heavy atom. The molecule has 0 aliphatic heterocycles. The van der Waals surface area contributed by atoms with Gasteiger partial charge in [-0.15, -0.1) is 5.10 Å². The first-order chi connectivity index (χ1) is 7.65. The summed E-state index contributed by atoms with van der Waals surface area (Å²) in [5.74, 6) is 0.0837. The summed E-state index contributed by atoms with van der Waals surface area (Å²) in [7, 11) is 0. The fraction of sp³-hybridized carbons (Fsp3) is 0.700. The van der Waals surface area contributed by atoms with Gasteiger partial charge in [0, 0.05) is 18.5 Å². The van der Waals surface area contributed by atoms with Crippen LogP contribution in [0.5, 0.6) is 0 Å². The molecule has 0 bridgehead atoms. The molecule has 0 aromatic carbocycles. The molecule has 0 saturated heterocycles. The van der Waals surface area contributed by atoms with Crippen molar-refractivity contribution < 1.29 is 4.79 Å². The molecular formula is C10H17N5O. The van der Waals surface area contributed by atoms with Crippen molar-refractivity contribution in [2.75, 3.05) is 0 Å². The molecule has 2 rings (SSSR count). The third kappa shape index (κ3) is 3.03. The average Bonchev–Trinajstić information content (AvgIpc) is 2.91. The highest BCUT2D eigenvalue weighted by molar-refractivity contribution is 5.76. The van der Waals surface area contributed by atoms with E-state index in [0.717, 1.165) is 18.5 Å². The van der Waals surface area contributed by atoms with Crippen molar-refractivity contribution in [2.24, 2.45) is 5.73 Å². The first kappa shape index (κ1) is 11.1. The summed E-state index contributed by atoms with van der Waals surface area (Å²) in [6.45, 7) is 2.41. The zero-order valence-corrected chi connectivity index (χ0v) is 9.39. The van der Waals surface area contributed by atoms with E-state index in [4.69, 9.17) is 5.73 Å². The molecule has 6 heteroatoms. The van der Waals surface area contributed by atoms with Gasteiger partial charge in [0.2, 0.25) is 5.91 Å². The molecule has 1 fully saturated rings. The van der Waals surface area contributed by atoms with Gasteiger partial charge in [0.05, 0.1) is 18.4 Å². The lowest BCUT2D eigenvalue weighted by atomic mass is 10.3. The van der Waals surface area contributed by atoms with Crippen LogP contribution in [0.4, 0.5) is 0 Å². The summed E-state index contributed by atoms with van der Waals surface area (Å²) in [4.78, 5) is 11.4. The highest BCUT2D eigenvalue weighted by Crippen LogP contribution is 2.18. The van der Waals surface area contributed by atoms with E-state index in [0.29, 0.717) is 19.0 Å². The van der Waals surface area contributed by atoms with Gasteiger partial charge in [-0.25, -0.2) is 0 Å². The van der Waals surface area contributed by atoms with Crippen LogP contribution in [0.25, 0.3) is 0 Å². The van der Waals surface area contributed by atoms with E-state index in [1.165, 1.54) is 0 Å². The molecule has 1 aromatic heterocycles. The third-order valence-electron chi connectivity index (χ3n) is 2.53. The second kappa shape index (κ2) is 4.61. The molecule has 1 aromatic rings. The fourth-order valence-electron chi connectivity index (χ4n) is 1.37. The maximum absolute atomic E-state index is 11.4. The molecule has 88 valence electrons. The van der Waals surface area contributed by atoms with Crippen molar-refractivity contribution in [1.82, 2.24) is 20.3 Å². The number of carbonyl (C=O) groups is 1. The number of nitrogens with two attached hydrogens (primary N) is 1. The molecule has 6 nitrogen and oxygen atoms in total. The normalized spacial score (nSPS) is 17.1. The molecule has 1 amide bonds. The molecule has 16 heavy (non-hydrogen) atoms. The summed E-state index contributed by atoms with van der Waals surface area (Å²) < 4.78 is 1.66. The van der Waals surface area contributed by atoms with Crippen molar-refractivity contribution in [1.29, 1.82) is 0 Å². The molecular weight excluding hydrogens is 206 g/mol. The standard InChI is InChI=1S/C10H17N5O/c1-7(11)9-6-15(14-13-9)5-4-10(16)12-8-2-3-8/h6-8H,2-5,11H2,1H3,(H,12,16). The Morgan fingerprint density at radius 3 is 3.06 bits per heavy atom. The quantitative estimate of drug-likeness (QED) is 0.733. The van der Waals surface area contributed by atoms with Gasteiger partial charge in [0.25, 0.3) is 0 Å². The topological polar surface area (TPSA) is 85.8 Å². The number of carbonyl (C=O) groups excluding carboxylic acids is 1. The zero-order chi connectivity index (χ0) is 11.5. The van der Waals surface area contributed by atoms with Gasteiger partial charge in [0.1, 0.15) is 0 Å². The Bertz CT molecular complexity index is 369. The predicted molar refractivity (Wildman–Crippen MR) is 58.4 cm³/mol. The van der Waals surface area contributed by atoms with Crippen molar-refractivity contribution in [2.45, 2.75) is 44.8 Å². The predicted octanol–water partition coefficient (Wildman–Crippen LogP) is -0.0335. The number of nitrogens with one attached hydrogen (secondary N) is 1. The number of aromatic nitrogens is 3. The van der Waals surface area contributed by atoms with Crippen LogP contribution in [0.3, 0.4) is 0 Å². The van der Waals surface area contributed by atoms with Gasteiger partial charge in [-0.2, -0.15) is 0 Å². The Morgan fingerprint density at radius 2 is 2.50 bits per heavy atom. The van der Waals surface area contributed by atoms with Crippen LogP contribution < -0.4 is 11.1 Å². The Balaban J connectivity index is 1.77. The van der Waals surface area contributed by atoms with Crippen LogP contribution in [0.15, 0.2) is 6.20 Å². The lowest BCUT2D eigenvalue weighted by molar-refractivity contribution is -0.121. The highest BCUT2D eigenvalue weighted by atomic mass is 16.1. The Kier molecular flexibility index (Phi) is 3.19. The summed E-state index contributed by atoms with van der Waals surface area (Å²) in [6.07, 6.45) is 4.46. The number of rotatable bonds is 5. The molecule has 1 aliphatic carbocycles. The second-order valence-corrected chi connectivity index (χ2v) is 4.29. The number of amides is 1. The smallest absolute Gasteiger partial charge is 0.222 e. The van der Waals surface area contributed by atoms with Gasteiger partial charge in [0.15, 0.2) is 0 Å². The largest absolute Gasteiger partial charge is 0.353 e. The van der Waals surface area contributed by atoms with Crippen LogP contribution in [0, 0.1) is 0 Å². The van der Waals surface area contributed by atoms with Crippen LogP contribution in [-0.2, 0) is 11.3 Å². The molecule has 0 radical (unpaired) electrons. The van der Waals surface area contributed by atoms with E-state index >= 15 is 0 Å². The molecule has 1 unspecified atom stereocenters. The SMILES string of the molecule is CC(N)c1cn(CCC(=O)NC2CC2)nn1. The average molecular weight is 223 g/mol. The summed E-state index contributed by atoms with van der Waals surface area (Å²) in [6, 6.07) is 0.303. The maximum atomic E-state index is 11.4. The van der Waals surface area contributed by atoms with E-state index in [1.54, 1.807) is 10.9 Å². The molecule has 1 saturated carbocycles. The van der Waals surface area contributed by atoms with Crippen molar-refractivity contribution in [3.63, 3.8) is 0 Å². The molecule has 0 spiro atoms. The minimum atomic E-state index is -0.117. The van der Waals surface area contributed by atoms with Crippen LogP contribution >= 0.6 is 0 Å². The van der Waals surface area contributed by atoms with Crippen LogP contribution in [-0.4, -0.2) is 26.9 Å². The molecule has 1 atom stereocenters. The van der Waals surface area contributed by atoms with Crippen molar-refractivity contribution >= 4 is 5.91 Å². The maximum Gasteiger partial charge on any atom is 0.222 e. The zero-order valence-electron chi connectivity index (χ0n) is 9.39. The van der Waals surface area contributed by atoms with E-state index in [1.807, 2.05) is 6.92 Å². The molecule has 1 aliphatic rings. The second-order valence-electron chi connectivity index (χ2n) is 4.29. The van der Waals surface area contributed by atoms with Crippen LogP contribution in [0.1, 0.15) is 37.9 Å². The first-order valence-electron chi connectivity index (χ1n) is 5.60. The van der Waals surface area contributed by atoms with Crippen molar-refractivity contribution in [3.05, 3.63) is 11.9 Å². The summed E-state index contributed by atoms with van der Waals surface area (Å²) in [5, 5.41) is 10.8. The Hall–Kier alpha value is -1.43. The monoisotopic (exact) mass is 223 g/mol. The highest BCUT2D eigenvalue weighted by Gasteiger charge is 2.22. The number of aryl methyl sites for hydroxylation is 1. The lowest BCUT2D eigenvalue weighted by Gasteiger charge is -2.02.